The fourth-order valence-electron chi connectivity index (χ4n) is 5.30. The SMILES string of the molecule is O=C(NCCCCCCCCn1ccc2cc(F)ccc21)c1cc(-c2cccc(Cl)c2)c(O)c(-c2cccc(Cl)c2)c1. The maximum atomic E-state index is 13.4. The summed E-state index contributed by atoms with van der Waals surface area (Å²) in [6.07, 6.45) is 8.37. The van der Waals surface area contributed by atoms with E-state index in [9.17, 15) is 14.3 Å². The zero-order valence-electron chi connectivity index (χ0n) is 23.3. The second-order valence-electron chi connectivity index (χ2n) is 10.5. The number of aromatic hydroxyl groups is 1. The minimum Gasteiger partial charge on any atom is -0.507 e. The number of unbranched alkanes of at least 4 members (excludes halogenated alkanes) is 5. The predicted molar refractivity (Wildman–Crippen MR) is 171 cm³/mol. The Kier molecular flexibility index (Phi) is 9.83. The van der Waals surface area contributed by atoms with Crippen molar-refractivity contribution in [2.24, 2.45) is 0 Å². The minimum absolute atomic E-state index is 0.0648. The summed E-state index contributed by atoms with van der Waals surface area (Å²) < 4.78 is 15.6. The number of carbonyl (C=O) groups is 1. The highest BCUT2D eigenvalue weighted by atomic mass is 35.5. The van der Waals surface area contributed by atoms with Crippen LogP contribution in [0.2, 0.25) is 10.0 Å². The molecule has 0 aliphatic carbocycles. The number of hydrogen-bond acceptors (Lipinski definition) is 2. The van der Waals surface area contributed by atoms with Crippen LogP contribution in [0.4, 0.5) is 4.39 Å². The number of rotatable bonds is 12. The number of aromatic nitrogens is 1. The molecule has 0 saturated heterocycles. The molecular formula is C35H33Cl2FN2O2. The molecule has 0 aliphatic rings. The van der Waals surface area contributed by atoms with Crippen molar-refractivity contribution < 1.29 is 14.3 Å². The first-order valence-corrected chi connectivity index (χ1v) is 15.1. The Morgan fingerprint density at radius 1 is 0.762 bits per heavy atom. The smallest absolute Gasteiger partial charge is 0.251 e. The summed E-state index contributed by atoms with van der Waals surface area (Å²) >= 11 is 12.4. The maximum Gasteiger partial charge on any atom is 0.251 e. The van der Waals surface area contributed by atoms with Crippen molar-refractivity contribution in [3.05, 3.63) is 113 Å². The number of carbonyl (C=O) groups excluding carboxylic acids is 1. The standard InChI is InChI=1S/C35H33Cl2FN2O2/c36-28-11-7-9-24(19-28)31-22-27(23-32(34(31)41)25-10-8-12-29(37)20-25)35(42)39-16-5-3-1-2-4-6-17-40-18-15-26-21-30(38)13-14-33(26)40/h7-15,18-23,41H,1-6,16-17H2,(H,39,42). The molecule has 4 aromatic carbocycles. The van der Waals surface area contributed by atoms with Gasteiger partial charge in [-0.2, -0.15) is 0 Å². The number of hydrogen-bond donors (Lipinski definition) is 2. The van der Waals surface area contributed by atoms with E-state index >= 15 is 0 Å². The largest absolute Gasteiger partial charge is 0.507 e. The third-order valence-corrected chi connectivity index (χ3v) is 7.96. The zero-order valence-corrected chi connectivity index (χ0v) is 24.8. The first-order valence-electron chi connectivity index (χ1n) is 14.3. The van der Waals surface area contributed by atoms with Crippen molar-refractivity contribution in [2.75, 3.05) is 6.54 Å². The van der Waals surface area contributed by atoms with E-state index in [1.807, 2.05) is 42.6 Å². The Morgan fingerprint density at radius 2 is 1.38 bits per heavy atom. The Balaban J connectivity index is 1.13. The van der Waals surface area contributed by atoms with Gasteiger partial charge in [-0.3, -0.25) is 4.79 Å². The number of aryl methyl sites for hydroxylation is 1. The van der Waals surface area contributed by atoms with E-state index in [-0.39, 0.29) is 17.5 Å². The Hall–Kier alpha value is -3.80. The van der Waals surface area contributed by atoms with Crippen LogP contribution in [0.5, 0.6) is 5.75 Å². The highest BCUT2D eigenvalue weighted by Gasteiger charge is 2.17. The highest BCUT2D eigenvalue weighted by Crippen LogP contribution is 2.40. The van der Waals surface area contributed by atoms with Crippen molar-refractivity contribution in [3.63, 3.8) is 0 Å². The second kappa shape index (κ2) is 13.9. The Labute approximate surface area is 255 Å². The first kappa shape index (κ1) is 29.7. The van der Waals surface area contributed by atoms with Gasteiger partial charge in [-0.1, -0.05) is 73.2 Å². The van der Waals surface area contributed by atoms with E-state index in [0.717, 1.165) is 67.1 Å². The lowest BCUT2D eigenvalue weighted by molar-refractivity contribution is 0.0953. The van der Waals surface area contributed by atoms with Gasteiger partial charge in [0.25, 0.3) is 5.91 Å². The summed E-state index contributed by atoms with van der Waals surface area (Å²) in [6.45, 7) is 1.50. The van der Waals surface area contributed by atoms with Crippen molar-refractivity contribution in [1.82, 2.24) is 9.88 Å². The summed E-state index contributed by atoms with van der Waals surface area (Å²) in [6, 6.07) is 24.7. The summed E-state index contributed by atoms with van der Waals surface area (Å²) in [5.74, 6) is -0.334. The van der Waals surface area contributed by atoms with Crippen LogP contribution in [-0.2, 0) is 6.54 Å². The van der Waals surface area contributed by atoms with E-state index < -0.39 is 0 Å². The molecule has 4 nitrogen and oxygen atoms in total. The molecule has 1 amide bonds. The number of halogens is 3. The van der Waals surface area contributed by atoms with Crippen molar-refractivity contribution in [1.29, 1.82) is 0 Å². The lowest BCUT2D eigenvalue weighted by Crippen LogP contribution is -2.24. The van der Waals surface area contributed by atoms with Crippen LogP contribution in [0.1, 0.15) is 48.9 Å². The third-order valence-electron chi connectivity index (χ3n) is 7.49. The van der Waals surface area contributed by atoms with E-state index in [2.05, 4.69) is 9.88 Å². The molecule has 0 spiro atoms. The minimum atomic E-state index is -0.205. The average Bonchev–Trinajstić information content (AvgIpc) is 3.38. The van der Waals surface area contributed by atoms with Gasteiger partial charge in [0.2, 0.25) is 0 Å². The van der Waals surface area contributed by atoms with Gasteiger partial charge in [-0.25, -0.2) is 4.39 Å². The molecule has 0 aliphatic heterocycles. The topological polar surface area (TPSA) is 54.3 Å². The van der Waals surface area contributed by atoms with Crippen molar-refractivity contribution in [2.45, 2.75) is 45.1 Å². The van der Waals surface area contributed by atoms with Gasteiger partial charge in [0.05, 0.1) is 0 Å². The number of phenolic OH excluding ortho intramolecular Hbond substituents is 1. The van der Waals surface area contributed by atoms with E-state index in [0.29, 0.717) is 33.3 Å². The Morgan fingerprint density at radius 3 is 2.02 bits per heavy atom. The van der Waals surface area contributed by atoms with Crippen LogP contribution < -0.4 is 5.32 Å². The number of nitrogens with zero attached hydrogens (tertiary/aromatic N) is 1. The molecule has 7 heteroatoms. The molecule has 0 bridgehead atoms. The lowest BCUT2D eigenvalue weighted by Gasteiger charge is -2.14. The van der Waals surface area contributed by atoms with Gasteiger partial charge in [0, 0.05) is 56.9 Å². The third kappa shape index (κ3) is 7.33. The Bertz CT molecular complexity index is 1630. The average molecular weight is 604 g/mol. The number of amides is 1. The zero-order chi connectivity index (χ0) is 29.5. The van der Waals surface area contributed by atoms with E-state index in [4.69, 9.17) is 23.2 Å². The molecule has 0 unspecified atom stereocenters. The summed E-state index contributed by atoms with van der Waals surface area (Å²) in [5, 5.41) is 16.3. The van der Waals surface area contributed by atoms with Crippen LogP contribution in [0.3, 0.4) is 0 Å². The van der Waals surface area contributed by atoms with Gasteiger partial charge in [-0.05, 0) is 84.6 Å². The van der Waals surface area contributed by atoms with Crippen LogP contribution in [-0.4, -0.2) is 22.1 Å². The summed E-state index contributed by atoms with van der Waals surface area (Å²) in [7, 11) is 0. The molecule has 42 heavy (non-hydrogen) atoms. The highest BCUT2D eigenvalue weighted by molar-refractivity contribution is 6.31. The molecule has 0 atom stereocenters. The monoisotopic (exact) mass is 602 g/mol. The molecule has 1 heterocycles. The summed E-state index contributed by atoms with van der Waals surface area (Å²) in [4.78, 5) is 13.2. The van der Waals surface area contributed by atoms with Gasteiger partial charge in [0.15, 0.2) is 0 Å². The molecule has 1 aromatic heterocycles. The first-order chi connectivity index (χ1) is 20.4. The maximum absolute atomic E-state index is 13.4. The quantitative estimate of drug-likeness (QED) is 0.140. The van der Waals surface area contributed by atoms with E-state index in [1.54, 1.807) is 42.5 Å². The van der Waals surface area contributed by atoms with Crippen LogP contribution in [0.15, 0.2) is 91.1 Å². The molecule has 5 rings (SSSR count). The fraction of sp³-hybridized carbons (Fsp3) is 0.229. The van der Waals surface area contributed by atoms with Gasteiger partial charge in [-0.15, -0.1) is 0 Å². The van der Waals surface area contributed by atoms with Gasteiger partial charge in [0.1, 0.15) is 11.6 Å². The lowest BCUT2D eigenvalue weighted by atomic mass is 9.94. The van der Waals surface area contributed by atoms with Gasteiger partial charge >= 0.3 is 0 Å². The molecular weight excluding hydrogens is 570 g/mol. The normalized spacial score (nSPS) is 11.2. The number of nitrogens with one attached hydrogen (secondary N) is 1. The molecule has 2 N–H and O–H groups in total. The second-order valence-corrected chi connectivity index (χ2v) is 11.4. The fourth-order valence-corrected chi connectivity index (χ4v) is 5.68. The van der Waals surface area contributed by atoms with Gasteiger partial charge < -0.3 is 15.0 Å². The number of benzene rings is 4. The summed E-state index contributed by atoms with van der Waals surface area (Å²) in [5.41, 5.74) is 4.02. The molecule has 0 saturated carbocycles. The van der Waals surface area contributed by atoms with Crippen LogP contribution in [0, 0.1) is 5.82 Å². The van der Waals surface area contributed by atoms with Crippen molar-refractivity contribution >= 4 is 40.0 Å². The molecule has 0 fully saturated rings. The predicted octanol–water partition coefficient (Wildman–Crippen LogP) is 9.90. The molecule has 216 valence electrons. The van der Waals surface area contributed by atoms with E-state index in [1.165, 1.54) is 6.07 Å². The van der Waals surface area contributed by atoms with Crippen LogP contribution in [0.25, 0.3) is 33.2 Å². The van der Waals surface area contributed by atoms with Crippen LogP contribution >= 0.6 is 23.2 Å². The number of phenols is 1. The molecule has 5 aromatic rings. The number of fused-ring (bicyclic) bond motifs is 1. The molecule has 0 radical (unpaired) electrons. The van der Waals surface area contributed by atoms with Crippen molar-refractivity contribution in [3.8, 4) is 28.0 Å².